The molecule has 0 aliphatic carbocycles. The van der Waals surface area contributed by atoms with Gasteiger partial charge in [0.2, 0.25) is 0 Å². The van der Waals surface area contributed by atoms with E-state index >= 15 is 0 Å². The minimum atomic E-state index is -0.262. The van der Waals surface area contributed by atoms with Gasteiger partial charge in [0.25, 0.3) is 5.91 Å². The van der Waals surface area contributed by atoms with Crippen molar-refractivity contribution in [1.29, 1.82) is 0 Å². The Bertz CT molecular complexity index is 280. The number of hydrogen-bond donors (Lipinski definition) is 1. The summed E-state index contributed by atoms with van der Waals surface area (Å²) in [5, 5.41) is 3.53. The van der Waals surface area contributed by atoms with Gasteiger partial charge in [0.05, 0.1) is 0 Å². The molecule has 1 atom stereocenters. The molecule has 1 saturated heterocycles. The number of amides is 1. The molecule has 1 amide bonds. The smallest absolute Gasteiger partial charge is 0.254 e. The normalized spacial score (nSPS) is 21.7. The number of ether oxygens (including phenoxy) is 1. The van der Waals surface area contributed by atoms with Crippen LogP contribution >= 0.6 is 11.5 Å². The van der Waals surface area contributed by atoms with Crippen molar-refractivity contribution >= 4 is 22.4 Å². The fourth-order valence-electron chi connectivity index (χ4n) is 1.27. The first-order valence-electron chi connectivity index (χ1n) is 4.19. The van der Waals surface area contributed by atoms with Crippen molar-refractivity contribution in [2.45, 2.75) is 18.9 Å². The molecular weight excluding hydrogens is 188 g/mol. The van der Waals surface area contributed by atoms with Crippen LogP contribution in [-0.4, -0.2) is 23.0 Å². The van der Waals surface area contributed by atoms with E-state index in [0.717, 1.165) is 17.8 Å². The summed E-state index contributed by atoms with van der Waals surface area (Å²) in [6.07, 6.45) is 3.20. The third kappa shape index (κ3) is 2.05. The summed E-state index contributed by atoms with van der Waals surface area (Å²) in [4.78, 5) is 11.5. The molecule has 1 aromatic heterocycles. The summed E-state index contributed by atoms with van der Waals surface area (Å²) in [7, 11) is 0. The van der Waals surface area contributed by atoms with Crippen molar-refractivity contribution in [2.75, 3.05) is 11.9 Å². The van der Waals surface area contributed by atoms with Gasteiger partial charge in [-0.05, 0) is 30.4 Å². The van der Waals surface area contributed by atoms with Crippen molar-refractivity contribution in [1.82, 2.24) is 4.37 Å². The molecule has 0 bridgehead atoms. The quantitative estimate of drug-likeness (QED) is 0.778. The van der Waals surface area contributed by atoms with Gasteiger partial charge in [0.1, 0.15) is 11.1 Å². The first kappa shape index (κ1) is 8.65. The first-order valence-corrected chi connectivity index (χ1v) is 4.97. The predicted octanol–water partition coefficient (Wildman–Crippen LogP) is 1.26. The fourth-order valence-corrected chi connectivity index (χ4v) is 1.77. The summed E-state index contributed by atoms with van der Waals surface area (Å²) in [5.74, 6) is -0.0539. The SMILES string of the molecule is O=C(Nc1ccns1)[C@H]1CCCO1. The largest absolute Gasteiger partial charge is 0.368 e. The molecule has 0 aromatic carbocycles. The third-order valence-electron chi connectivity index (χ3n) is 1.91. The van der Waals surface area contributed by atoms with Gasteiger partial charge in [-0.3, -0.25) is 4.79 Å². The Labute approximate surface area is 80.1 Å². The highest BCUT2D eigenvalue weighted by Gasteiger charge is 2.23. The van der Waals surface area contributed by atoms with E-state index in [4.69, 9.17) is 4.74 Å². The Balaban J connectivity index is 1.91. The number of nitrogens with zero attached hydrogens (tertiary/aromatic N) is 1. The van der Waals surface area contributed by atoms with E-state index < -0.39 is 0 Å². The minimum absolute atomic E-state index is 0.0539. The van der Waals surface area contributed by atoms with Crippen molar-refractivity contribution < 1.29 is 9.53 Å². The third-order valence-corrected chi connectivity index (χ3v) is 2.57. The van der Waals surface area contributed by atoms with Crippen molar-refractivity contribution in [3.8, 4) is 0 Å². The molecule has 1 aromatic rings. The van der Waals surface area contributed by atoms with Crippen LogP contribution in [-0.2, 0) is 9.53 Å². The van der Waals surface area contributed by atoms with Crippen LogP contribution in [0.2, 0.25) is 0 Å². The van der Waals surface area contributed by atoms with Crippen molar-refractivity contribution in [3.05, 3.63) is 12.3 Å². The molecule has 2 rings (SSSR count). The van der Waals surface area contributed by atoms with Gasteiger partial charge in [0, 0.05) is 12.8 Å². The molecule has 0 spiro atoms. The molecule has 13 heavy (non-hydrogen) atoms. The van der Waals surface area contributed by atoms with E-state index in [1.165, 1.54) is 11.5 Å². The monoisotopic (exact) mass is 198 g/mol. The zero-order valence-corrected chi connectivity index (χ0v) is 7.84. The van der Waals surface area contributed by atoms with Gasteiger partial charge in [-0.2, -0.15) is 4.37 Å². The maximum Gasteiger partial charge on any atom is 0.254 e. The molecule has 0 saturated carbocycles. The highest BCUT2D eigenvalue weighted by atomic mass is 32.1. The summed E-state index contributed by atoms with van der Waals surface area (Å²) in [6, 6.07) is 1.78. The summed E-state index contributed by atoms with van der Waals surface area (Å²) in [6.45, 7) is 0.695. The Hall–Kier alpha value is -0.940. The van der Waals surface area contributed by atoms with Gasteiger partial charge in [-0.15, -0.1) is 0 Å². The number of hydrogen-bond acceptors (Lipinski definition) is 4. The maximum absolute atomic E-state index is 11.5. The van der Waals surface area contributed by atoms with Crippen LogP contribution in [0.15, 0.2) is 12.3 Å². The van der Waals surface area contributed by atoms with Crippen LogP contribution in [0, 0.1) is 0 Å². The number of aromatic nitrogens is 1. The Morgan fingerprint density at radius 1 is 1.77 bits per heavy atom. The summed E-state index contributed by atoms with van der Waals surface area (Å²) in [5.41, 5.74) is 0. The minimum Gasteiger partial charge on any atom is -0.368 e. The second-order valence-electron chi connectivity index (χ2n) is 2.87. The number of carbonyl (C=O) groups excluding carboxylic acids is 1. The maximum atomic E-state index is 11.5. The summed E-state index contributed by atoms with van der Waals surface area (Å²) >= 11 is 1.27. The predicted molar refractivity (Wildman–Crippen MR) is 49.7 cm³/mol. The zero-order chi connectivity index (χ0) is 9.10. The molecule has 1 aliphatic heterocycles. The van der Waals surface area contributed by atoms with Crippen LogP contribution in [0.3, 0.4) is 0 Å². The number of anilines is 1. The molecule has 4 nitrogen and oxygen atoms in total. The lowest BCUT2D eigenvalue weighted by Crippen LogP contribution is -2.26. The first-order chi connectivity index (χ1) is 6.36. The van der Waals surface area contributed by atoms with E-state index in [9.17, 15) is 4.79 Å². The standard InChI is InChI=1S/C8H10N2O2S/c11-8(6-2-1-5-12-6)10-7-3-4-9-13-7/h3-4,6H,1-2,5H2,(H,10,11)/t6-/m1/s1. The van der Waals surface area contributed by atoms with E-state index in [1.807, 2.05) is 0 Å². The van der Waals surface area contributed by atoms with Crippen LogP contribution < -0.4 is 5.32 Å². The molecule has 1 aliphatic rings. The average molecular weight is 198 g/mol. The van der Waals surface area contributed by atoms with Gasteiger partial charge >= 0.3 is 0 Å². The highest BCUT2D eigenvalue weighted by molar-refractivity contribution is 7.10. The van der Waals surface area contributed by atoms with Gasteiger partial charge < -0.3 is 10.1 Å². The van der Waals surface area contributed by atoms with Gasteiger partial charge in [-0.25, -0.2) is 0 Å². The van der Waals surface area contributed by atoms with Crippen molar-refractivity contribution in [3.63, 3.8) is 0 Å². The lowest BCUT2D eigenvalue weighted by molar-refractivity contribution is -0.124. The molecule has 1 fully saturated rings. The molecule has 0 unspecified atom stereocenters. The average Bonchev–Trinajstić information content (AvgIpc) is 2.74. The topological polar surface area (TPSA) is 51.2 Å². The molecule has 70 valence electrons. The van der Waals surface area contributed by atoms with E-state index in [1.54, 1.807) is 12.3 Å². The van der Waals surface area contributed by atoms with Gasteiger partial charge in [-0.1, -0.05) is 0 Å². The zero-order valence-electron chi connectivity index (χ0n) is 7.03. The van der Waals surface area contributed by atoms with E-state index in [0.29, 0.717) is 6.61 Å². The Kier molecular flexibility index (Phi) is 2.56. The van der Waals surface area contributed by atoms with E-state index in [-0.39, 0.29) is 12.0 Å². The van der Waals surface area contributed by atoms with Crippen molar-refractivity contribution in [2.24, 2.45) is 0 Å². The van der Waals surface area contributed by atoms with E-state index in [2.05, 4.69) is 9.69 Å². The molecular formula is C8H10N2O2S. The molecule has 1 N–H and O–H groups in total. The molecule has 2 heterocycles. The van der Waals surface area contributed by atoms with Gasteiger partial charge in [0.15, 0.2) is 0 Å². The Morgan fingerprint density at radius 2 is 2.69 bits per heavy atom. The van der Waals surface area contributed by atoms with Crippen LogP contribution in [0.5, 0.6) is 0 Å². The van der Waals surface area contributed by atoms with Crippen LogP contribution in [0.25, 0.3) is 0 Å². The highest BCUT2D eigenvalue weighted by Crippen LogP contribution is 2.16. The van der Waals surface area contributed by atoms with Crippen LogP contribution in [0.1, 0.15) is 12.8 Å². The molecule has 5 heteroatoms. The number of nitrogens with one attached hydrogen (secondary N) is 1. The van der Waals surface area contributed by atoms with Crippen LogP contribution in [0.4, 0.5) is 5.00 Å². The lowest BCUT2D eigenvalue weighted by Gasteiger charge is -2.07. The number of carbonyl (C=O) groups is 1. The Morgan fingerprint density at radius 3 is 3.31 bits per heavy atom. The summed E-state index contributed by atoms with van der Waals surface area (Å²) < 4.78 is 9.12. The molecule has 0 radical (unpaired) electrons. The second-order valence-corrected chi connectivity index (χ2v) is 3.70. The lowest BCUT2D eigenvalue weighted by atomic mass is 10.2. The second kappa shape index (κ2) is 3.85. The number of rotatable bonds is 2. The fraction of sp³-hybridized carbons (Fsp3) is 0.500.